The molecule has 5 fully saturated rings. The van der Waals surface area contributed by atoms with Gasteiger partial charge < -0.3 is 15.2 Å². The van der Waals surface area contributed by atoms with Crippen molar-refractivity contribution < 1.29 is 29.0 Å². The number of nitrogens with one attached hydrogen (secondary N) is 1. The lowest BCUT2D eigenvalue weighted by atomic mass is 9.39. The normalized spacial score (nSPS) is 38.6. The number of hydrogen-bond acceptors (Lipinski definition) is 5. The SMILES string of the molecule is COc1cc(Cl)ccc1CNC(=O)CC12CCC3C(CCC4C3CCC3C(C)(C)C(CC(=O)C5CC(C(=O)O)C5C)CCC43C)C1=C(C(C)C)C(=O)C2. The lowest BCUT2D eigenvalue weighted by Gasteiger charge is -2.65. The summed E-state index contributed by atoms with van der Waals surface area (Å²) in [6.45, 7) is 14.0. The Kier molecular flexibility index (Phi) is 10.3. The first-order valence-corrected chi connectivity index (χ1v) is 21.0. The van der Waals surface area contributed by atoms with Crippen LogP contribution in [0, 0.1) is 75.4 Å². The van der Waals surface area contributed by atoms with Gasteiger partial charge in [0, 0.05) is 47.7 Å². The maximum Gasteiger partial charge on any atom is 0.306 e. The number of carbonyl (C=O) groups is 4. The van der Waals surface area contributed by atoms with Crippen molar-refractivity contribution in [3.05, 3.63) is 39.9 Å². The van der Waals surface area contributed by atoms with Crippen molar-refractivity contribution in [1.82, 2.24) is 5.32 Å². The summed E-state index contributed by atoms with van der Waals surface area (Å²) in [6.07, 6.45) is 10.7. The van der Waals surface area contributed by atoms with E-state index < -0.39 is 11.4 Å². The van der Waals surface area contributed by atoms with Crippen LogP contribution in [0.5, 0.6) is 5.75 Å². The lowest BCUT2D eigenvalue weighted by Crippen LogP contribution is -2.58. The molecular formula is C45H62ClNO6. The summed E-state index contributed by atoms with van der Waals surface area (Å²) in [4.78, 5) is 52.8. The van der Waals surface area contributed by atoms with Crippen molar-refractivity contribution in [1.29, 1.82) is 0 Å². The molecule has 7 rings (SSSR count). The van der Waals surface area contributed by atoms with E-state index in [1.165, 1.54) is 18.4 Å². The van der Waals surface area contributed by atoms with E-state index in [0.29, 0.717) is 78.5 Å². The van der Waals surface area contributed by atoms with Gasteiger partial charge in [0.25, 0.3) is 0 Å². The molecule has 1 amide bonds. The number of carboxylic acid groups (broad SMARTS) is 1. The van der Waals surface area contributed by atoms with Crippen LogP contribution < -0.4 is 10.1 Å². The minimum atomic E-state index is -0.765. The molecule has 0 spiro atoms. The number of amides is 1. The van der Waals surface area contributed by atoms with Gasteiger partial charge in [0.2, 0.25) is 5.91 Å². The van der Waals surface area contributed by atoms with Crippen LogP contribution in [0.2, 0.25) is 5.02 Å². The van der Waals surface area contributed by atoms with E-state index in [1.54, 1.807) is 13.2 Å². The quantitative estimate of drug-likeness (QED) is 0.247. The fourth-order valence-corrected chi connectivity index (χ4v) is 14.0. The van der Waals surface area contributed by atoms with Crippen LogP contribution in [0.4, 0.5) is 0 Å². The van der Waals surface area contributed by atoms with Gasteiger partial charge in [-0.1, -0.05) is 64.8 Å². The van der Waals surface area contributed by atoms with Crippen molar-refractivity contribution in [2.75, 3.05) is 7.11 Å². The molecule has 11 unspecified atom stereocenters. The summed E-state index contributed by atoms with van der Waals surface area (Å²) in [7, 11) is 1.61. The second kappa shape index (κ2) is 14.1. The predicted molar refractivity (Wildman–Crippen MR) is 206 cm³/mol. The minimum Gasteiger partial charge on any atom is -0.496 e. The van der Waals surface area contributed by atoms with Crippen molar-refractivity contribution in [3.8, 4) is 5.75 Å². The Morgan fingerprint density at radius 1 is 1.00 bits per heavy atom. The fourth-order valence-electron chi connectivity index (χ4n) is 13.9. The van der Waals surface area contributed by atoms with Gasteiger partial charge >= 0.3 is 5.97 Å². The van der Waals surface area contributed by atoms with E-state index in [0.717, 1.165) is 49.7 Å². The number of halogens is 1. The fraction of sp³-hybridized carbons (Fsp3) is 0.733. The molecule has 5 saturated carbocycles. The maximum absolute atomic E-state index is 13.9. The summed E-state index contributed by atoms with van der Waals surface area (Å²) in [5, 5.41) is 13.3. The first kappa shape index (κ1) is 38.6. The highest BCUT2D eigenvalue weighted by molar-refractivity contribution is 6.30. The van der Waals surface area contributed by atoms with Crippen molar-refractivity contribution in [2.45, 2.75) is 125 Å². The molecule has 290 valence electrons. The number of ether oxygens (including phenoxy) is 1. The first-order chi connectivity index (χ1) is 25.0. The second-order valence-electron chi connectivity index (χ2n) is 19.4. The third-order valence-electron chi connectivity index (χ3n) is 16.5. The van der Waals surface area contributed by atoms with Crippen LogP contribution in [-0.2, 0) is 25.7 Å². The standard InChI is InChI=1S/C45H62ClNO6/c1-24(2)40-36(49)21-45(22-39(50)47-23-26-8-9-28(46)19-37(26)53-7)17-15-29-30-11-13-38-43(4,5)27(18-35(48)32-20-33(25(32)3)42(51)52)14-16-44(38,6)34(30)12-10-31(29)41(40)45/h8-9,19,24-25,27,29-34,38H,10-18,20-23H2,1-7H3,(H,47,50)(H,51,52). The molecule has 6 aliphatic rings. The van der Waals surface area contributed by atoms with Gasteiger partial charge in [-0.3, -0.25) is 19.2 Å². The monoisotopic (exact) mass is 747 g/mol. The zero-order chi connectivity index (χ0) is 38.2. The number of hydrogen-bond donors (Lipinski definition) is 2. The molecule has 0 radical (unpaired) electrons. The molecule has 0 bridgehead atoms. The summed E-state index contributed by atoms with van der Waals surface area (Å²) in [5.74, 6) is 3.06. The number of rotatable bonds is 10. The number of ketones is 2. The molecule has 0 saturated heterocycles. The topological polar surface area (TPSA) is 110 Å². The average molecular weight is 748 g/mol. The van der Waals surface area contributed by atoms with Crippen LogP contribution in [0.1, 0.15) is 124 Å². The van der Waals surface area contributed by atoms with E-state index >= 15 is 0 Å². The Hall–Kier alpha value is -2.67. The molecule has 1 aromatic carbocycles. The highest BCUT2D eigenvalue weighted by Crippen LogP contribution is 2.70. The number of Topliss-reactive ketones (excluding diaryl/α,β-unsaturated/α-hetero) is 2. The number of allylic oxidation sites excluding steroid dienone is 2. The molecule has 53 heavy (non-hydrogen) atoms. The predicted octanol–water partition coefficient (Wildman–Crippen LogP) is 9.49. The molecule has 11 atom stereocenters. The Balaban J connectivity index is 1.07. The van der Waals surface area contributed by atoms with Gasteiger partial charge in [-0.25, -0.2) is 0 Å². The lowest BCUT2D eigenvalue weighted by molar-refractivity contribution is -0.163. The first-order valence-electron chi connectivity index (χ1n) is 20.6. The molecule has 7 nitrogen and oxygen atoms in total. The van der Waals surface area contributed by atoms with Gasteiger partial charge in [0.1, 0.15) is 11.5 Å². The van der Waals surface area contributed by atoms with Crippen molar-refractivity contribution >= 4 is 35.0 Å². The molecule has 2 N–H and O–H groups in total. The largest absolute Gasteiger partial charge is 0.496 e. The highest BCUT2D eigenvalue weighted by atomic mass is 35.5. The van der Waals surface area contributed by atoms with Gasteiger partial charge in [-0.15, -0.1) is 0 Å². The van der Waals surface area contributed by atoms with E-state index in [-0.39, 0.29) is 52.0 Å². The summed E-state index contributed by atoms with van der Waals surface area (Å²) >= 11 is 6.18. The van der Waals surface area contributed by atoms with Crippen LogP contribution in [0.25, 0.3) is 0 Å². The summed E-state index contributed by atoms with van der Waals surface area (Å²) < 4.78 is 5.52. The number of carbonyl (C=O) groups excluding carboxylic acids is 3. The second-order valence-corrected chi connectivity index (χ2v) is 19.9. The minimum absolute atomic E-state index is 0.0107. The number of methoxy groups -OCH3 is 1. The molecule has 0 aliphatic heterocycles. The molecular weight excluding hydrogens is 686 g/mol. The third-order valence-corrected chi connectivity index (χ3v) is 16.8. The Labute approximate surface area is 321 Å². The molecule has 0 heterocycles. The van der Waals surface area contributed by atoms with Crippen LogP contribution in [-0.4, -0.2) is 35.7 Å². The number of fused-ring (bicyclic) bond motifs is 7. The van der Waals surface area contributed by atoms with Crippen LogP contribution in [0.3, 0.4) is 0 Å². The van der Waals surface area contributed by atoms with E-state index in [2.05, 4.69) is 39.9 Å². The van der Waals surface area contributed by atoms with Gasteiger partial charge in [-0.05, 0) is 134 Å². The molecule has 8 heteroatoms. The average Bonchev–Trinajstić information content (AvgIpc) is 3.39. The highest BCUT2D eigenvalue weighted by Gasteiger charge is 2.63. The molecule has 6 aliphatic carbocycles. The Morgan fingerprint density at radius 2 is 1.75 bits per heavy atom. The third kappa shape index (κ3) is 6.41. The van der Waals surface area contributed by atoms with E-state index in [4.69, 9.17) is 16.3 Å². The van der Waals surface area contributed by atoms with Crippen molar-refractivity contribution in [2.24, 2.45) is 75.4 Å². The van der Waals surface area contributed by atoms with Gasteiger partial charge in [0.05, 0.1) is 13.0 Å². The van der Waals surface area contributed by atoms with E-state index in [9.17, 15) is 24.3 Å². The molecule has 1 aromatic rings. The van der Waals surface area contributed by atoms with Crippen LogP contribution >= 0.6 is 11.6 Å². The zero-order valence-electron chi connectivity index (χ0n) is 33.1. The van der Waals surface area contributed by atoms with Gasteiger partial charge in [0.15, 0.2) is 5.78 Å². The Morgan fingerprint density at radius 3 is 2.43 bits per heavy atom. The van der Waals surface area contributed by atoms with Crippen LogP contribution in [0.15, 0.2) is 29.3 Å². The zero-order valence-corrected chi connectivity index (χ0v) is 33.8. The smallest absolute Gasteiger partial charge is 0.306 e. The van der Waals surface area contributed by atoms with Crippen molar-refractivity contribution in [3.63, 3.8) is 0 Å². The van der Waals surface area contributed by atoms with E-state index in [1.807, 2.05) is 19.1 Å². The maximum atomic E-state index is 13.9. The number of benzene rings is 1. The van der Waals surface area contributed by atoms with Gasteiger partial charge in [-0.2, -0.15) is 0 Å². The Bertz CT molecular complexity index is 1700. The summed E-state index contributed by atoms with van der Waals surface area (Å²) in [6, 6.07) is 5.47. The summed E-state index contributed by atoms with van der Waals surface area (Å²) in [5.41, 5.74) is 3.10. The number of carboxylic acids is 1. The number of aliphatic carboxylic acids is 1. The molecule has 0 aromatic heterocycles.